The van der Waals surface area contributed by atoms with E-state index in [4.69, 9.17) is 4.74 Å². The van der Waals surface area contributed by atoms with E-state index in [0.717, 1.165) is 11.8 Å². The van der Waals surface area contributed by atoms with Crippen molar-refractivity contribution in [3.63, 3.8) is 0 Å². The molecule has 5 heteroatoms. The highest BCUT2D eigenvalue weighted by Crippen LogP contribution is 2.44. The number of carbonyl (C=O) groups is 2. The van der Waals surface area contributed by atoms with Crippen LogP contribution in [0.4, 0.5) is 4.79 Å². The molecule has 0 unspecified atom stereocenters. The highest BCUT2D eigenvalue weighted by atomic mass is 16.5. The second kappa shape index (κ2) is 10.0. The number of alkyl carbamates (subject to hydrolysis) is 1. The second-order valence-corrected chi connectivity index (χ2v) is 7.68. The first-order valence-corrected chi connectivity index (χ1v) is 10.6. The van der Waals surface area contributed by atoms with E-state index in [-0.39, 0.29) is 25.1 Å². The van der Waals surface area contributed by atoms with Crippen molar-refractivity contribution in [1.29, 1.82) is 0 Å². The molecule has 5 nitrogen and oxygen atoms in total. The Bertz CT molecular complexity index is 990. The minimum Gasteiger partial charge on any atom is -0.449 e. The van der Waals surface area contributed by atoms with Crippen molar-refractivity contribution in [1.82, 2.24) is 10.6 Å². The van der Waals surface area contributed by atoms with Gasteiger partial charge in [0.2, 0.25) is 0 Å². The molecule has 0 bridgehead atoms. The van der Waals surface area contributed by atoms with Crippen LogP contribution in [0, 0.1) is 0 Å². The number of nitrogens with one attached hydrogen (secondary N) is 2. The van der Waals surface area contributed by atoms with E-state index < -0.39 is 6.09 Å². The molecule has 0 saturated carbocycles. The lowest BCUT2D eigenvalue weighted by Gasteiger charge is -2.20. The molecule has 1 amide bonds. The molecular formula is C26H26N2O3. The number of aldehydes is 1. The first kappa shape index (κ1) is 20.8. The number of amides is 1. The molecule has 0 radical (unpaired) electrons. The van der Waals surface area contributed by atoms with Gasteiger partial charge in [0.05, 0.1) is 6.54 Å². The zero-order valence-electron chi connectivity index (χ0n) is 17.3. The minimum absolute atomic E-state index is 0.0268. The van der Waals surface area contributed by atoms with Gasteiger partial charge < -0.3 is 20.2 Å². The lowest BCUT2D eigenvalue weighted by Crippen LogP contribution is -2.44. The van der Waals surface area contributed by atoms with Crippen molar-refractivity contribution in [3.8, 4) is 11.1 Å². The van der Waals surface area contributed by atoms with Crippen LogP contribution in [0.5, 0.6) is 0 Å². The summed E-state index contributed by atoms with van der Waals surface area (Å²) in [6.45, 7) is 1.01. The maximum absolute atomic E-state index is 12.6. The van der Waals surface area contributed by atoms with Gasteiger partial charge in [-0.15, -0.1) is 0 Å². The fraction of sp³-hybridized carbons (Fsp3) is 0.231. The van der Waals surface area contributed by atoms with Gasteiger partial charge in [-0.25, -0.2) is 4.79 Å². The van der Waals surface area contributed by atoms with Crippen LogP contribution in [0.25, 0.3) is 11.1 Å². The van der Waals surface area contributed by atoms with Gasteiger partial charge in [-0.05, 0) is 34.2 Å². The van der Waals surface area contributed by atoms with E-state index >= 15 is 0 Å². The third-order valence-electron chi connectivity index (χ3n) is 5.61. The third kappa shape index (κ3) is 5.01. The van der Waals surface area contributed by atoms with Crippen molar-refractivity contribution in [3.05, 3.63) is 95.6 Å². The van der Waals surface area contributed by atoms with Crippen LogP contribution in [0.3, 0.4) is 0 Å². The van der Waals surface area contributed by atoms with Gasteiger partial charge in [0.25, 0.3) is 0 Å². The third-order valence-corrected chi connectivity index (χ3v) is 5.61. The zero-order chi connectivity index (χ0) is 21.5. The van der Waals surface area contributed by atoms with Crippen LogP contribution >= 0.6 is 0 Å². The van der Waals surface area contributed by atoms with Gasteiger partial charge in [-0.2, -0.15) is 0 Å². The van der Waals surface area contributed by atoms with Crippen molar-refractivity contribution in [2.24, 2.45) is 0 Å². The Morgan fingerprint density at radius 3 is 2.16 bits per heavy atom. The number of rotatable bonds is 9. The number of ether oxygens (including phenoxy) is 1. The Morgan fingerprint density at radius 1 is 0.903 bits per heavy atom. The maximum atomic E-state index is 12.6. The highest BCUT2D eigenvalue weighted by Gasteiger charge is 2.29. The number of benzene rings is 3. The van der Waals surface area contributed by atoms with Crippen LogP contribution in [0.2, 0.25) is 0 Å². The Labute approximate surface area is 182 Å². The summed E-state index contributed by atoms with van der Waals surface area (Å²) in [6, 6.07) is 26.3. The van der Waals surface area contributed by atoms with Crippen LogP contribution < -0.4 is 10.6 Å². The first-order chi connectivity index (χ1) is 15.3. The van der Waals surface area contributed by atoms with Crippen LogP contribution in [0.1, 0.15) is 22.6 Å². The van der Waals surface area contributed by atoms with E-state index in [1.807, 2.05) is 54.6 Å². The van der Waals surface area contributed by atoms with Crippen LogP contribution in [0.15, 0.2) is 78.9 Å². The number of hydrogen-bond acceptors (Lipinski definition) is 4. The largest absolute Gasteiger partial charge is 0.449 e. The second-order valence-electron chi connectivity index (χ2n) is 7.68. The van der Waals surface area contributed by atoms with Gasteiger partial charge in [0, 0.05) is 18.5 Å². The van der Waals surface area contributed by atoms with Crippen LogP contribution in [-0.4, -0.2) is 38.1 Å². The fourth-order valence-corrected chi connectivity index (χ4v) is 4.20. The molecule has 0 heterocycles. The molecule has 0 aliphatic heterocycles. The molecule has 3 aromatic rings. The normalized spacial score (nSPS) is 13.2. The lowest BCUT2D eigenvalue weighted by molar-refractivity contribution is -0.107. The minimum atomic E-state index is -0.448. The summed E-state index contributed by atoms with van der Waals surface area (Å²) >= 11 is 0. The van der Waals surface area contributed by atoms with E-state index in [9.17, 15) is 9.59 Å². The number of carbonyl (C=O) groups excluding carboxylic acids is 2. The highest BCUT2D eigenvalue weighted by molar-refractivity contribution is 5.79. The van der Waals surface area contributed by atoms with Crippen molar-refractivity contribution in [2.75, 3.05) is 19.7 Å². The van der Waals surface area contributed by atoms with E-state index in [1.165, 1.54) is 22.3 Å². The summed E-state index contributed by atoms with van der Waals surface area (Å²) in [4.78, 5) is 23.3. The summed E-state index contributed by atoms with van der Waals surface area (Å²) in [5, 5.41) is 6.00. The molecule has 1 aliphatic rings. The van der Waals surface area contributed by atoms with Crippen molar-refractivity contribution < 1.29 is 14.3 Å². The Morgan fingerprint density at radius 2 is 1.52 bits per heavy atom. The molecule has 2 N–H and O–H groups in total. The molecular weight excluding hydrogens is 388 g/mol. The van der Waals surface area contributed by atoms with Crippen LogP contribution in [-0.2, 0) is 16.0 Å². The average molecular weight is 415 g/mol. The molecule has 158 valence electrons. The van der Waals surface area contributed by atoms with E-state index in [2.05, 4.69) is 34.9 Å². The lowest BCUT2D eigenvalue weighted by atomic mass is 9.98. The predicted molar refractivity (Wildman–Crippen MR) is 121 cm³/mol. The fourth-order valence-electron chi connectivity index (χ4n) is 4.20. The summed E-state index contributed by atoms with van der Waals surface area (Å²) in [5.74, 6) is 0.0268. The molecule has 1 aliphatic carbocycles. The molecule has 0 saturated heterocycles. The van der Waals surface area contributed by atoms with Gasteiger partial charge >= 0.3 is 6.09 Å². The molecule has 1 atom stereocenters. The smallest absolute Gasteiger partial charge is 0.407 e. The monoisotopic (exact) mass is 414 g/mol. The van der Waals surface area contributed by atoms with E-state index in [1.54, 1.807) is 0 Å². The molecule has 0 fully saturated rings. The Kier molecular flexibility index (Phi) is 6.75. The van der Waals surface area contributed by atoms with Gasteiger partial charge in [0.1, 0.15) is 12.9 Å². The standard InChI is InChI=1S/C26H26N2O3/c29-15-14-27-17-20(16-19-8-2-1-3-9-19)28-26(30)31-18-25-23-12-6-4-10-21(23)22-11-5-7-13-24(22)25/h1-13,15,20,25,27H,14,16-18H2,(H,28,30)/t20-/m0/s1. The van der Waals surface area contributed by atoms with Crippen molar-refractivity contribution >= 4 is 12.4 Å². The molecule has 0 spiro atoms. The molecule has 0 aromatic heterocycles. The zero-order valence-corrected chi connectivity index (χ0v) is 17.3. The molecule has 4 rings (SSSR count). The van der Waals surface area contributed by atoms with E-state index in [0.29, 0.717) is 13.0 Å². The maximum Gasteiger partial charge on any atom is 0.407 e. The molecule has 3 aromatic carbocycles. The average Bonchev–Trinajstić information content (AvgIpc) is 3.12. The summed E-state index contributed by atoms with van der Waals surface area (Å²) in [5.41, 5.74) is 5.88. The predicted octanol–water partition coefficient (Wildman–Crippen LogP) is 3.92. The van der Waals surface area contributed by atoms with Gasteiger partial charge in [0.15, 0.2) is 0 Å². The quantitative estimate of drug-likeness (QED) is 0.411. The number of hydrogen-bond donors (Lipinski definition) is 2. The Hall–Kier alpha value is -3.44. The van der Waals surface area contributed by atoms with Gasteiger partial charge in [-0.3, -0.25) is 0 Å². The first-order valence-electron chi connectivity index (χ1n) is 10.6. The van der Waals surface area contributed by atoms with Gasteiger partial charge in [-0.1, -0.05) is 78.9 Å². The topological polar surface area (TPSA) is 67.4 Å². The SMILES string of the molecule is O=CCNC[C@H](Cc1ccccc1)NC(=O)OCC1c2ccccc2-c2ccccc21. The molecule has 31 heavy (non-hydrogen) atoms. The summed E-state index contributed by atoms with van der Waals surface area (Å²) < 4.78 is 5.67. The Balaban J connectivity index is 1.40. The number of fused-ring (bicyclic) bond motifs is 3. The summed E-state index contributed by atoms with van der Waals surface area (Å²) in [7, 11) is 0. The summed E-state index contributed by atoms with van der Waals surface area (Å²) in [6.07, 6.45) is 1.01. The van der Waals surface area contributed by atoms with Crippen molar-refractivity contribution in [2.45, 2.75) is 18.4 Å².